The van der Waals surface area contributed by atoms with E-state index in [1.807, 2.05) is 12.1 Å². The number of likely N-dealkylation sites (tertiary alicyclic amines) is 2. The number of carbonyl (C=O) groups excluding carboxylic acids is 3. The molecule has 2 aliphatic heterocycles. The maximum atomic E-state index is 12.4. The van der Waals surface area contributed by atoms with E-state index in [-0.39, 0.29) is 23.8 Å². The van der Waals surface area contributed by atoms with E-state index >= 15 is 0 Å². The molecule has 2 heterocycles. The van der Waals surface area contributed by atoms with Gasteiger partial charge in [0, 0.05) is 42.0 Å². The van der Waals surface area contributed by atoms with Gasteiger partial charge < -0.3 is 4.90 Å². The van der Waals surface area contributed by atoms with Gasteiger partial charge in [0.2, 0.25) is 11.8 Å². The summed E-state index contributed by atoms with van der Waals surface area (Å²) in [5, 5.41) is 0. The molecule has 6 heteroatoms. The number of hydrogen-bond acceptors (Lipinski definition) is 3. The first-order valence-electron chi connectivity index (χ1n) is 7.46. The van der Waals surface area contributed by atoms with Crippen molar-refractivity contribution in [1.29, 1.82) is 0 Å². The van der Waals surface area contributed by atoms with Crippen molar-refractivity contribution in [3.8, 4) is 0 Å². The minimum absolute atomic E-state index is 0.00465. The Morgan fingerprint density at radius 3 is 2.09 bits per heavy atom. The van der Waals surface area contributed by atoms with Crippen molar-refractivity contribution in [2.45, 2.75) is 31.7 Å². The van der Waals surface area contributed by atoms with Crippen molar-refractivity contribution in [1.82, 2.24) is 9.80 Å². The monoisotopic (exact) mass is 364 g/mol. The molecule has 0 atom stereocenters. The standard InChI is InChI=1S/C16H17BrN2O3/c17-12-3-1-11(2-4-12)16(22)18-9-7-13(8-10-18)19-14(20)5-6-15(19)21/h1-4,13H,5-10H2. The van der Waals surface area contributed by atoms with Gasteiger partial charge in [0.1, 0.15) is 0 Å². The Morgan fingerprint density at radius 2 is 1.55 bits per heavy atom. The zero-order valence-corrected chi connectivity index (χ0v) is 13.7. The molecular formula is C16H17BrN2O3. The third-order valence-electron chi connectivity index (χ3n) is 4.30. The zero-order chi connectivity index (χ0) is 15.7. The van der Waals surface area contributed by atoms with Crippen molar-refractivity contribution < 1.29 is 14.4 Å². The van der Waals surface area contributed by atoms with Gasteiger partial charge in [-0.25, -0.2) is 0 Å². The number of benzene rings is 1. The van der Waals surface area contributed by atoms with Crippen molar-refractivity contribution >= 4 is 33.7 Å². The predicted molar refractivity (Wildman–Crippen MR) is 84.2 cm³/mol. The quantitative estimate of drug-likeness (QED) is 0.755. The normalized spacial score (nSPS) is 19.9. The molecule has 0 aliphatic carbocycles. The summed E-state index contributed by atoms with van der Waals surface area (Å²) in [6.07, 6.45) is 1.99. The van der Waals surface area contributed by atoms with Crippen molar-refractivity contribution in [3.63, 3.8) is 0 Å². The second-order valence-electron chi connectivity index (χ2n) is 5.69. The van der Waals surface area contributed by atoms with E-state index in [1.54, 1.807) is 17.0 Å². The highest BCUT2D eigenvalue weighted by atomic mass is 79.9. The molecular weight excluding hydrogens is 348 g/mol. The van der Waals surface area contributed by atoms with E-state index in [0.717, 1.165) is 4.47 Å². The van der Waals surface area contributed by atoms with Crippen LogP contribution in [0.5, 0.6) is 0 Å². The first-order valence-corrected chi connectivity index (χ1v) is 8.25. The lowest BCUT2D eigenvalue weighted by Gasteiger charge is -2.35. The molecule has 5 nitrogen and oxygen atoms in total. The van der Waals surface area contributed by atoms with E-state index < -0.39 is 0 Å². The molecule has 0 bridgehead atoms. The van der Waals surface area contributed by atoms with Gasteiger partial charge >= 0.3 is 0 Å². The van der Waals surface area contributed by atoms with E-state index in [9.17, 15) is 14.4 Å². The third-order valence-corrected chi connectivity index (χ3v) is 4.83. The molecule has 0 radical (unpaired) electrons. The van der Waals surface area contributed by atoms with Crippen LogP contribution in [0.25, 0.3) is 0 Å². The number of imide groups is 1. The fraction of sp³-hybridized carbons (Fsp3) is 0.438. The Bertz CT molecular complexity index is 590. The van der Waals surface area contributed by atoms with Crippen LogP contribution >= 0.6 is 15.9 Å². The van der Waals surface area contributed by atoms with Gasteiger partial charge in [-0.05, 0) is 37.1 Å². The molecule has 22 heavy (non-hydrogen) atoms. The van der Waals surface area contributed by atoms with Crippen LogP contribution in [-0.2, 0) is 9.59 Å². The Hall–Kier alpha value is -1.69. The van der Waals surface area contributed by atoms with E-state index in [1.165, 1.54) is 4.90 Å². The van der Waals surface area contributed by atoms with Crippen molar-refractivity contribution in [3.05, 3.63) is 34.3 Å². The van der Waals surface area contributed by atoms with E-state index in [0.29, 0.717) is 44.3 Å². The average Bonchev–Trinajstić information content (AvgIpc) is 2.86. The molecule has 0 spiro atoms. The van der Waals surface area contributed by atoms with Gasteiger partial charge in [0.25, 0.3) is 5.91 Å². The summed E-state index contributed by atoms with van der Waals surface area (Å²) in [6, 6.07) is 7.25. The molecule has 0 N–H and O–H groups in total. The molecule has 0 unspecified atom stereocenters. The first kappa shape index (κ1) is 15.2. The van der Waals surface area contributed by atoms with Gasteiger partial charge in [-0.1, -0.05) is 15.9 Å². The number of amides is 3. The average molecular weight is 365 g/mol. The Labute approximate surface area is 137 Å². The highest BCUT2D eigenvalue weighted by molar-refractivity contribution is 9.10. The fourth-order valence-corrected chi connectivity index (χ4v) is 3.37. The van der Waals surface area contributed by atoms with Gasteiger partial charge in [0.05, 0.1) is 0 Å². The first-order chi connectivity index (χ1) is 10.6. The smallest absolute Gasteiger partial charge is 0.253 e. The molecule has 1 aromatic carbocycles. The lowest BCUT2D eigenvalue weighted by molar-refractivity contribution is -0.141. The second-order valence-corrected chi connectivity index (χ2v) is 6.60. The Morgan fingerprint density at radius 1 is 1.00 bits per heavy atom. The van der Waals surface area contributed by atoms with Crippen molar-refractivity contribution in [2.24, 2.45) is 0 Å². The lowest BCUT2D eigenvalue weighted by Crippen LogP contribution is -2.48. The molecule has 0 aromatic heterocycles. The minimum Gasteiger partial charge on any atom is -0.338 e. The van der Waals surface area contributed by atoms with Crippen LogP contribution < -0.4 is 0 Å². The summed E-state index contributed by atoms with van der Waals surface area (Å²) in [5.74, 6) is -0.129. The van der Waals surface area contributed by atoms with Gasteiger partial charge in [-0.3, -0.25) is 19.3 Å². The largest absolute Gasteiger partial charge is 0.338 e. The molecule has 116 valence electrons. The molecule has 3 amide bonds. The van der Waals surface area contributed by atoms with Gasteiger partial charge in [-0.2, -0.15) is 0 Å². The van der Waals surface area contributed by atoms with Crippen LogP contribution in [-0.4, -0.2) is 46.7 Å². The molecule has 2 saturated heterocycles. The summed E-state index contributed by atoms with van der Waals surface area (Å²) in [5.41, 5.74) is 0.662. The Balaban J connectivity index is 1.62. The van der Waals surface area contributed by atoms with Crippen LogP contribution in [0.15, 0.2) is 28.7 Å². The van der Waals surface area contributed by atoms with Gasteiger partial charge in [0.15, 0.2) is 0 Å². The zero-order valence-electron chi connectivity index (χ0n) is 12.1. The van der Waals surface area contributed by atoms with Gasteiger partial charge in [-0.15, -0.1) is 0 Å². The highest BCUT2D eigenvalue weighted by Gasteiger charge is 2.37. The number of piperidine rings is 1. The van der Waals surface area contributed by atoms with Crippen molar-refractivity contribution in [2.75, 3.05) is 13.1 Å². The summed E-state index contributed by atoms with van der Waals surface area (Å²) < 4.78 is 0.939. The SMILES string of the molecule is O=C(c1ccc(Br)cc1)N1CCC(N2C(=O)CCC2=O)CC1. The molecule has 1 aromatic rings. The maximum absolute atomic E-state index is 12.4. The topological polar surface area (TPSA) is 57.7 Å². The van der Waals surface area contributed by atoms with Crippen LogP contribution in [0.1, 0.15) is 36.0 Å². The summed E-state index contributed by atoms with van der Waals surface area (Å²) >= 11 is 3.35. The number of carbonyl (C=O) groups is 3. The van der Waals surface area contributed by atoms with Crippen LogP contribution in [0, 0.1) is 0 Å². The second kappa shape index (κ2) is 6.20. The minimum atomic E-state index is -0.0670. The number of halogens is 1. The highest BCUT2D eigenvalue weighted by Crippen LogP contribution is 2.24. The van der Waals surface area contributed by atoms with E-state index in [2.05, 4.69) is 15.9 Å². The summed E-state index contributed by atoms with van der Waals surface area (Å²) in [4.78, 5) is 39.2. The van der Waals surface area contributed by atoms with Crippen LogP contribution in [0.4, 0.5) is 0 Å². The molecule has 0 saturated carbocycles. The summed E-state index contributed by atoms with van der Waals surface area (Å²) in [6.45, 7) is 1.16. The maximum Gasteiger partial charge on any atom is 0.253 e. The molecule has 3 rings (SSSR count). The van der Waals surface area contributed by atoms with Crippen LogP contribution in [0.3, 0.4) is 0 Å². The predicted octanol–water partition coefficient (Wildman–Crippen LogP) is 2.20. The Kier molecular flexibility index (Phi) is 4.29. The molecule has 2 fully saturated rings. The number of rotatable bonds is 2. The number of hydrogen-bond donors (Lipinski definition) is 0. The fourth-order valence-electron chi connectivity index (χ4n) is 3.10. The number of nitrogens with zero attached hydrogens (tertiary/aromatic N) is 2. The van der Waals surface area contributed by atoms with E-state index in [4.69, 9.17) is 0 Å². The van der Waals surface area contributed by atoms with Crippen LogP contribution in [0.2, 0.25) is 0 Å². The molecule has 2 aliphatic rings. The third kappa shape index (κ3) is 2.92. The lowest BCUT2D eigenvalue weighted by atomic mass is 10.0. The summed E-state index contributed by atoms with van der Waals surface area (Å²) in [7, 11) is 0.